The van der Waals surface area contributed by atoms with Gasteiger partial charge in [0.15, 0.2) is 0 Å². The normalized spacial score (nSPS) is 10.6. The number of amides is 1. The van der Waals surface area contributed by atoms with Gasteiger partial charge in [-0.05, 0) is 35.7 Å². The Morgan fingerprint density at radius 2 is 1.81 bits per heavy atom. The van der Waals surface area contributed by atoms with Gasteiger partial charge in [0.05, 0.1) is 18.4 Å². The van der Waals surface area contributed by atoms with Crippen LogP contribution in [0.25, 0.3) is 11.3 Å². The predicted octanol–water partition coefficient (Wildman–Crippen LogP) is 5.13. The van der Waals surface area contributed by atoms with E-state index >= 15 is 0 Å². The number of benzene rings is 2. The van der Waals surface area contributed by atoms with E-state index < -0.39 is 0 Å². The van der Waals surface area contributed by atoms with E-state index in [1.165, 1.54) is 5.56 Å². The molecule has 0 unspecified atom stereocenters. The zero-order valence-corrected chi connectivity index (χ0v) is 15.2. The van der Waals surface area contributed by atoms with Gasteiger partial charge in [-0.25, -0.2) is 0 Å². The predicted molar refractivity (Wildman–Crippen MR) is 105 cm³/mol. The molecule has 0 aliphatic carbocycles. The molecule has 1 N–H and O–H groups in total. The van der Waals surface area contributed by atoms with Crippen LogP contribution in [0.15, 0.2) is 66.9 Å². The number of carbonyl (C=O) groups is 1. The third-order valence-electron chi connectivity index (χ3n) is 4.23. The summed E-state index contributed by atoms with van der Waals surface area (Å²) >= 11 is 0. The zero-order valence-electron chi connectivity index (χ0n) is 15.2. The van der Waals surface area contributed by atoms with Crippen molar-refractivity contribution < 1.29 is 9.53 Å². The van der Waals surface area contributed by atoms with E-state index in [2.05, 4.69) is 48.4 Å². The number of anilines is 1. The van der Waals surface area contributed by atoms with Crippen molar-refractivity contribution in [2.75, 3.05) is 12.4 Å². The molecule has 0 aliphatic heterocycles. The molecule has 0 saturated heterocycles. The van der Waals surface area contributed by atoms with E-state index in [1.807, 2.05) is 24.3 Å². The SMILES string of the molecule is COc1cccc(NC(=O)c2ccc(-c3ccc(C(C)C)cc3)nc2)c1. The molecule has 1 heterocycles. The minimum atomic E-state index is -0.201. The highest BCUT2D eigenvalue weighted by atomic mass is 16.5. The van der Waals surface area contributed by atoms with Crippen LogP contribution in [0.2, 0.25) is 0 Å². The highest BCUT2D eigenvalue weighted by Crippen LogP contribution is 2.22. The molecule has 4 nitrogen and oxygen atoms in total. The summed E-state index contributed by atoms with van der Waals surface area (Å²) in [5, 5.41) is 2.85. The average Bonchev–Trinajstić information content (AvgIpc) is 2.68. The van der Waals surface area contributed by atoms with E-state index in [0.717, 1.165) is 11.3 Å². The molecular formula is C22H22N2O2. The topological polar surface area (TPSA) is 51.2 Å². The highest BCUT2D eigenvalue weighted by Gasteiger charge is 2.08. The maximum absolute atomic E-state index is 12.4. The summed E-state index contributed by atoms with van der Waals surface area (Å²) in [6, 6.07) is 19.3. The van der Waals surface area contributed by atoms with Crippen LogP contribution in [0.4, 0.5) is 5.69 Å². The van der Waals surface area contributed by atoms with Crippen LogP contribution in [0.5, 0.6) is 5.75 Å². The minimum Gasteiger partial charge on any atom is -0.497 e. The van der Waals surface area contributed by atoms with Crippen molar-refractivity contribution in [3.05, 3.63) is 78.0 Å². The standard InChI is InChI=1S/C22H22N2O2/c1-15(2)16-7-9-17(10-8-16)21-12-11-18(14-23-21)22(25)24-19-5-4-6-20(13-19)26-3/h4-15H,1-3H3,(H,24,25). The van der Waals surface area contributed by atoms with Crippen LogP contribution in [0.3, 0.4) is 0 Å². The smallest absolute Gasteiger partial charge is 0.257 e. The molecule has 132 valence electrons. The molecule has 2 aromatic carbocycles. The molecule has 3 aromatic rings. The lowest BCUT2D eigenvalue weighted by Crippen LogP contribution is -2.12. The van der Waals surface area contributed by atoms with Crippen LogP contribution >= 0.6 is 0 Å². The molecule has 4 heteroatoms. The van der Waals surface area contributed by atoms with Gasteiger partial charge in [-0.15, -0.1) is 0 Å². The first-order valence-electron chi connectivity index (χ1n) is 8.58. The Bertz CT molecular complexity index is 885. The Morgan fingerprint density at radius 3 is 2.42 bits per heavy atom. The maximum Gasteiger partial charge on any atom is 0.257 e. The molecule has 0 aliphatic rings. The summed E-state index contributed by atoms with van der Waals surface area (Å²) < 4.78 is 5.17. The second kappa shape index (κ2) is 7.83. The summed E-state index contributed by atoms with van der Waals surface area (Å²) in [5.74, 6) is 0.994. The Kier molecular flexibility index (Phi) is 5.32. The molecule has 0 atom stereocenters. The Morgan fingerprint density at radius 1 is 1.04 bits per heavy atom. The zero-order chi connectivity index (χ0) is 18.5. The monoisotopic (exact) mass is 346 g/mol. The molecule has 1 aromatic heterocycles. The number of aromatic nitrogens is 1. The van der Waals surface area contributed by atoms with Crippen molar-refractivity contribution in [2.24, 2.45) is 0 Å². The molecule has 26 heavy (non-hydrogen) atoms. The number of hydrogen-bond donors (Lipinski definition) is 1. The molecule has 0 spiro atoms. The van der Waals surface area contributed by atoms with Gasteiger partial charge in [-0.3, -0.25) is 9.78 Å². The van der Waals surface area contributed by atoms with E-state index in [4.69, 9.17) is 4.74 Å². The lowest BCUT2D eigenvalue weighted by atomic mass is 10.0. The largest absolute Gasteiger partial charge is 0.497 e. The van der Waals surface area contributed by atoms with Crippen molar-refractivity contribution in [3.8, 4) is 17.0 Å². The summed E-state index contributed by atoms with van der Waals surface area (Å²) in [7, 11) is 1.59. The first-order chi connectivity index (χ1) is 12.6. The van der Waals surface area contributed by atoms with Crippen LogP contribution in [0, 0.1) is 0 Å². The van der Waals surface area contributed by atoms with Crippen LogP contribution in [0.1, 0.15) is 35.7 Å². The number of nitrogens with zero attached hydrogens (tertiary/aromatic N) is 1. The Balaban J connectivity index is 1.73. The van der Waals surface area contributed by atoms with Gasteiger partial charge >= 0.3 is 0 Å². The fraction of sp³-hybridized carbons (Fsp3) is 0.182. The maximum atomic E-state index is 12.4. The highest BCUT2D eigenvalue weighted by molar-refractivity contribution is 6.04. The first kappa shape index (κ1) is 17.7. The third kappa shape index (κ3) is 4.09. The molecule has 0 radical (unpaired) electrons. The quantitative estimate of drug-likeness (QED) is 0.696. The van der Waals surface area contributed by atoms with E-state index in [-0.39, 0.29) is 5.91 Å². The number of ether oxygens (including phenoxy) is 1. The lowest BCUT2D eigenvalue weighted by Gasteiger charge is -2.08. The van der Waals surface area contributed by atoms with E-state index in [0.29, 0.717) is 22.9 Å². The molecule has 0 bridgehead atoms. The average molecular weight is 346 g/mol. The number of rotatable bonds is 5. The van der Waals surface area contributed by atoms with Crippen molar-refractivity contribution in [1.82, 2.24) is 4.98 Å². The van der Waals surface area contributed by atoms with Gasteiger partial charge in [0.25, 0.3) is 5.91 Å². The molecule has 0 fully saturated rings. The number of hydrogen-bond acceptors (Lipinski definition) is 3. The molecule has 1 amide bonds. The summed E-state index contributed by atoms with van der Waals surface area (Å²) in [6.07, 6.45) is 1.60. The Labute approximate surface area is 153 Å². The number of pyridine rings is 1. The first-order valence-corrected chi connectivity index (χ1v) is 8.58. The van der Waals surface area contributed by atoms with E-state index in [1.54, 1.807) is 25.4 Å². The molecular weight excluding hydrogens is 324 g/mol. The van der Waals surface area contributed by atoms with Crippen molar-refractivity contribution in [3.63, 3.8) is 0 Å². The summed E-state index contributed by atoms with van der Waals surface area (Å²) in [5.41, 5.74) is 4.37. The van der Waals surface area contributed by atoms with Crippen LogP contribution in [-0.4, -0.2) is 18.0 Å². The van der Waals surface area contributed by atoms with Gasteiger partial charge in [0.2, 0.25) is 0 Å². The Hall–Kier alpha value is -3.14. The van der Waals surface area contributed by atoms with Crippen molar-refractivity contribution >= 4 is 11.6 Å². The number of nitrogens with one attached hydrogen (secondary N) is 1. The molecule has 3 rings (SSSR count). The minimum absolute atomic E-state index is 0.201. The van der Waals surface area contributed by atoms with Crippen molar-refractivity contribution in [1.29, 1.82) is 0 Å². The lowest BCUT2D eigenvalue weighted by molar-refractivity contribution is 0.102. The second-order valence-corrected chi connectivity index (χ2v) is 6.39. The van der Waals surface area contributed by atoms with Crippen LogP contribution < -0.4 is 10.1 Å². The van der Waals surface area contributed by atoms with Gasteiger partial charge in [-0.2, -0.15) is 0 Å². The van der Waals surface area contributed by atoms with Crippen LogP contribution in [-0.2, 0) is 0 Å². The van der Waals surface area contributed by atoms with Gasteiger partial charge in [0.1, 0.15) is 5.75 Å². The van der Waals surface area contributed by atoms with E-state index in [9.17, 15) is 4.79 Å². The van der Waals surface area contributed by atoms with Gasteiger partial charge < -0.3 is 10.1 Å². The van der Waals surface area contributed by atoms with Crippen molar-refractivity contribution in [2.45, 2.75) is 19.8 Å². The fourth-order valence-electron chi connectivity index (χ4n) is 2.64. The molecule has 0 saturated carbocycles. The number of carbonyl (C=O) groups excluding carboxylic acids is 1. The fourth-order valence-corrected chi connectivity index (χ4v) is 2.64. The summed E-state index contributed by atoms with van der Waals surface area (Å²) in [6.45, 7) is 4.34. The van der Waals surface area contributed by atoms with Gasteiger partial charge in [0, 0.05) is 23.5 Å². The number of methoxy groups -OCH3 is 1. The second-order valence-electron chi connectivity index (χ2n) is 6.39. The third-order valence-corrected chi connectivity index (χ3v) is 4.23. The summed E-state index contributed by atoms with van der Waals surface area (Å²) in [4.78, 5) is 16.8. The van der Waals surface area contributed by atoms with Gasteiger partial charge in [-0.1, -0.05) is 44.2 Å².